The van der Waals surface area contributed by atoms with Gasteiger partial charge in [0.1, 0.15) is 0 Å². The second-order valence-electron chi connectivity index (χ2n) is 17.4. The Hall–Kier alpha value is -4.91. The van der Waals surface area contributed by atoms with Gasteiger partial charge in [-0.15, -0.1) is 0 Å². The van der Waals surface area contributed by atoms with Crippen molar-refractivity contribution in [1.29, 1.82) is 5.26 Å². The molecule has 60 heavy (non-hydrogen) atoms. The van der Waals surface area contributed by atoms with E-state index in [4.69, 9.17) is 0 Å². The van der Waals surface area contributed by atoms with Crippen LogP contribution >= 0.6 is 0 Å². The van der Waals surface area contributed by atoms with Gasteiger partial charge in [0.25, 0.3) is 5.69 Å². The summed E-state index contributed by atoms with van der Waals surface area (Å²) >= 11 is 0. The first-order valence-electron chi connectivity index (χ1n) is 22.8. The summed E-state index contributed by atoms with van der Waals surface area (Å²) < 4.78 is 0. The zero-order valence-electron chi connectivity index (χ0n) is 36.8. The number of carboxylic acid groups (broad SMARTS) is 2. The lowest BCUT2D eigenvalue weighted by atomic mass is 9.69. The summed E-state index contributed by atoms with van der Waals surface area (Å²) in [5, 5.41) is 42.2. The van der Waals surface area contributed by atoms with Crippen LogP contribution in [0.15, 0.2) is 78.0 Å². The topological polar surface area (TPSA) is 148 Å². The second-order valence-corrected chi connectivity index (χ2v) is 17.4. The third-order valence-corrected chi connectivity index (χ3v) is 12.8. The van der Waals surface area contributed by atoms with Crippen LogP contribution in [0.4, 0.5) is 17.1 Å². The van der Waals surface area contributed by atoms with E-state index in [1.54, 1.807) is 24.3 Å². The molecule has 0 fully saturated rings. The van der Waals surface area contributed by atoms with Gasteiger partial charge in [-0.25, -0.2) is 0 Å². The van der Waals surface area contributed by atoms with Gasteiger partial charge in [0.15, 0.2) is 0 Å². The number of fused-ring (bicyclic) bond motifs is 2. The smallest absolute Gasteiger partial charge is 0.305 e. The molecule has 2 heterocycles. The van der Waals surface area contributed by atoms with Gasteiger partial charge in [0.05, 0.1) is 46.7 Å². The normalized spacial score (nSPS) is 17.3. The van der Waals surface area contributed by atoms with Crippen LogP contribution in [0.2, 0.25) is 0 Å². The Balaban J connectivity index is 1.74. The van der Waals surface area contributed by atoms with Crippen LogP contribution in [-0.2, 0) is 20.4 Å². The fourth-order valence-corrected chi connectivity index (χ4v) is 9.74. The third kappa shape index (κ3) is 12.3. The Bertz CT molecular complexity index is 1850. The van der Waals surface area contributed by atoms with Crippen molar-refractivity contribution in [2.75, 3.05) is 22.9 Å². The molecule has 10 heteroatoms. The van der Waals surface area contributed by atoms with Gasteiger partial charge < -0.3 is 20.0 Å². The van der Waals surface area contributed by atoms with E-state index in [-0.39, 0.29) is 36.5 Å². The molecule has 4 rings (SSSR count). The number of unbranched alkanes of at least 4 members (excludes halogenated alkanes) is 14. The predicted octanol–water partition coefficient (Wildman–Crippen LogP) is 12.7. The Kier molecular flexibility index (Phi) is 18.9. The first kappa shape index (κ1) is 47.8. The zero-order chi connectivity index (χ0) is 43.5. The van der Waals surface area contributed by atoms with Crippen molar-refractivity contribution in [3.63, 3.8) is 0 Å². The lowest BCUT2D eigenvalue weighted by Gasteiger charge is -2.39. The molecule has 0 aliphatic carbocycles. The highest BCUT2D eigenvalue weighted by Gasteiger charge is 2.49. The standard InChI is InChI=1S/C50H70N4O6/c1-5-7-9-11-13-15-17-21-34-50(35-22-18-16-14-12-10-8-6-2)40-24-19-20-25-41(40)52(36-32-46(55)56)45(50)31-29-39(38-51)28-30-44-49(3,4)48-42(53(44)37-33-47(57)58)26-23-27-43(48)54(59)60/h19-20,23-31,45H,5-18,21-22,32-37H2,1-4H3,(H,55,56)(H,57,58)/b31-29+,39-28-,44-30+. The summed E-state index contributed by atoms with van der Waals surface area (Å²) in [7, 11) is 0. The summed E-state index contributed by atoms with van der Waals surface area (Å²) in [6.45, 7) is 8.73. The number of benzene rings is 2. The van der Waals surface area contributed by atoms with Crippen molar-refractivity contribution < 1.29 is 24.7 Å². The first-order valence-corrected chi connectivity index (χ1v) is 22.8. The van der Waals surface area contributed by atoms with E-state index in [0.717, 1.165) is 44.2 Å². The maximum Gasteiger partial charge on any atom is 0.305 e. The number of rotatable bonds is 28. The van der Waals surface area contributed by atoms with Gasteiger partial charge in [-0.3, -0.25) is 19.7 Å². The number of nitro benzene ring substituents is 1. The molecule has 1 unspecified atom stereocenters. The fraction of sp³-hybridized carbons (Fsp3) is 0.580. The van der Waals surface area contributed by atoms with E-state index in [9.17, 15) is 35.2 Å². The van der Waals surface area contributed by atoms with Crippen LogP contribution in [0.3, 0.4) is 0 Å². The third-order valence-electron chi connectivity index (χ3n) is 12.8. The summed E-state index contributed by atoms with van der Waals surface area (Å²) in [5.74, 6) is -1.83. The SMILES string of the molecule is CCCCCCCCCCC1(CCCCCCCCCC)c2ccccc2N(CCC(=O)O)C1/C=C/C(C#N)=C/C=C1/N(CCC(=O)O)c2cccc([N+](=O)[O-])c2C1(C)C. The van der Waals surface area contributed by atoms with Gasteiger partial charge in [0, 0.05) is 41.4 Å². The monoisotopic (exact) mass is 823 g/mol. The maximum atomic E-state index is 12.2. The highest BCUT2D eigenvalue weighted by Crippen LogP contribution is 2.53. The van der Waals surface area contributed by atoms with Gasteiger partial charge in [-0.05, 0) is 62.6 Å². The average molecular weight is 823 g/mol. The number of aliphatic carboxylic acids is 2. The van der Waals surface area contributed by atoms with E-state index < -0.39 is 22.3 Å². The number of hydrogen-bond acceptors (Lipinski definition) is 7. The van der Waals surface area contributed by atoms with Gasteiger partial charge in [-0.1, -0.05) is 147 Å². The molecule has 0 aromatic heterocycles. The summed E-state index contributed by atoms with van der Waals surface area (Å²) in [5.41, 5.74) is 3.34. The number of carbonyl (C=O) groups is 2. The molecule has 10 nitrogen and oxygen atoms in total. The molecule has 2 N–H and O–H groups in total. The fourth-order valence-electron chi connectivity index (χ4n) is 9.74. The van der Waals surface area contributed by atoms with E-state index in [1.165, 1.54) is 88.7 Å². The van der Waals surface area contributed by atoms with Gasteiger partial charge >= 0.3 is 11.9 Å². The predicted molar refractivity (Wildman–Crippen MR) is 243 cm³/mol. The largest absolute Gasteiger partial charge is 0.481 e. The quantitative estimate of drug-likeness (QED) is 0.0281. The van der Waals surface area contributed by atoms with Crippen LogP contribution in [0.5, 0.6) is 0 Å². The summed E-state index contributed by atoms with van der Waals surface area (Å²) in [6.07, 6.45) is 28.7. The van der Waals surface area contributed by atoms with Crippen LogP contribution < -0.4 is 9.80 Å². The number of nitriles is 1. The molecule has 0 radical (unpaired) electrons. The molecule has 0 saturated heterocycles. The Morgan fingerprint density at radius 2 is 1.32 bits per heavy atom. The highest BCUT2D eigenvalue weighted by molar-refractivity contribution is 5.78. The lowest BCUT2D eigenvalue weighted by Crippen LogP contribution is -2.44. The average Bonchev–Trinajstić information content (AvgIpc) is 3.61. The number of para-hydroxylation sites is 1. The number of nitro groups is 1. The lowest BCUT2D eigenvalue weighted by molar-refractivity contribution is -0.385. The van der Waals surface area contributed by atoms with Crippen LogP contribution in [-0.4, -0.2) is 46.2 Å². The molecule has 0 amide bonds. The molecular weight excluding hydrogens is 753 g/mol. The molecule has 326 valence electrons. The van der Waals surface area contributed by atoms with Crippen molar-refractivity contribution >= 4 is 29.0 Å². The number of carboxylic acids is 2. The van der Waals surface area contributed by atoms with Crippen molar-refractivity contribution in [3.05, 3.63) is 99.3 Å². The van der Waals surface area contributed by atoms with Crippen molar-refractivity contribution in [2.24, 2.45) is 0 Å². The molecule has 1 atom stereocenters. The van der Waals surface area contributed by atoms with E-state index >= 15 is 0 Å². The molecule has 0 saturated carbocycles. The molecular formula is C50H70N4O6. The first-order chi connectivity index (χ1) is 28.9. The second kappa shape index (κ2) is 23.8. The molecule has 0 bridgehead atoms. The van der Waals surface area contributed by atoms with Gasteiger partial charge in [-0.2, -0.15) is 5.26 Å². The van der Waals surface area contributed by atoms with Crippen LogP contribution in [0.1, 0.15) is 167 Å². The summed E-state index contributed by atoms with van der Waals surface area (Å²) in [4.78, 5) is 39.6. The van der Waals surface area contributed by atoms with Crippen molar-refractivity contribution in [2.45, 2.75) is 173 Å². The molecule has 2 aliphatic rings. The highest BCUT2D eigenvalue weighted by atomic mass is 16.6. The van der Waals surface area contributed by atoms with Crippen molar-refractivity contribution in [1.82, 2.24) is 0 Å². The van der Waals surface area contributed by atoms with E-state index in [0.29, 0.717) is 29.1 Å². The Morgan fingerprint density at radius 3 is 1.87 bits per heavy atom. The van der Waals surface area contributed by atoms with E-state index in [2.05, 4.69) is 49.1 Å². The maximum absolute atomic E-state index is 12.2. The van der Waals surface area contributed by atoms with E-state index in [1.807, 2.05) is 30.9 Å². The number of allylic oxidation sites excluding steroid dienone is 5. The molecule has 2 aromatic rings. The molecule has 2 aliphatic heterocycles. The van der Waals surface area contributed by atoms with Crippen molar-refractivity contribution in [3.8, 4) is 6.07 Å². The number of hydrogen-bond donors (Lipinski definition) is 2. The van der Waals surface area contributed by atoms with Crippen LogP contribution in [0.25, 0.3) is 0 Å². The van der Waals surface area contributed by atoms with Crippen LogP contribution in [0, 0.1) is 21.4 Å². The minimum atomic E-state index is -0.977. The minimum Gasteiger partial charge on any atom is -0.481 e. The number of anilines is 2. The summed E-state index contributed by atoms with van der Waals surface area (Å²) in [6, 6.07) is 15.6. The number of nitrogens with zero attached hydrogens (tertiary/aromatic N) is 4. The molecule has 2 aromatic carbocycles. The Morgan fingerprint density at radius 1 is 0.783 bits per heavy atom. The Labute approximate surface area is 359 Å². The van der Waals surface area contributed by atoms with Gasteiger partial charge in [0.2, 0.25) is 0 Å². The molecule has 0 spiro atoms. The minimum absolute atomic E-state index is 0.00866. The zero-order valence-corrected chi connectivity index (χ0v) is 36.8.